The van der Waals surface area contributed by atoms with Crippen molar-refractivity contribution in [3.05, 3.63) is 89.3 Å². The molecular formula is C24H16FN3O2S. The summed E-state index contributed by atoms with van der Waals surface area (Å²) in [5.41, 5.74) is 3.22. The average molecular weight is 429 g/mol. The second-order valence-electron chi connectivity index (χ2n) is 6.98. The van der Waals surface area contributed by atoms with Gasteiger partial charge in [0, 0.05) is 16.3 Å². The second kappa shape index (κ2) is 7.77. The van der Waals surface area contributed by atoms with Crippen LogP contribution in [0.15, 0.2) is 76.5 Å². The van der Waals surface area contributed by atoms with Gasteiger partial charge in [-0.15, -0.1) is 11.3 Å². The molecule has 0 aliphatic heterocycles. The van der Waals surface area contributed by atoms with Gasteiger partial charge in [-0.1, -0.05) is 18.2 Å². The highest BCUT2D eigenvalue weighted by atomic mass is 32.1. The van der Waals surface area contributed by atoms with Gasteiger partial charge in [0.05, 0.1) is 16.8 Å². The molecule has 0 fully saturated rings. The van der Waals surface area contributed by atoms with Crippen molar-refractivity contribution >= 4 is 33.3 Å². The lowest BCUT2D eigenvalue weighted by Gasteiger charge is -2.08. The van der Waals surface area contributed by atoms with Crippen LogP contribution in [0, 0.1) is 12.7 Å². The molecule has 31 heavy (non-hydrogen) atoms. The smallest absolute Gasteiger partial charge is 0.258 e. The molecule has 0 saturated carbocycles. The van der Waals surface area contributed by atoms with Crippen LogP contribution in [0.25, 0.3) is 33.6 Å². The molecule has 0 bridgehead atoms. The zero-order chi connectivity index (χ0) is 21.4. The Hall–Kier alpha value is -3.84. The molecule has 0 aliphatic carbocycles. The van der Waals surface area contributed by atoms with Gasteiger partial charge in [0.25, 0.3) is 5.91 Å². The van der Waals surface area contributed by atoms with Gasteiger partial charge in [0.1, 0.15) is 17.3 Å². The Labute approximate surface area is 181 Å². The van der Waals surface area contributed by atoms with Gasteiger partial charge in [0.15, 0.2) is 10.9 Å². The van der Waals surface area contributed by atoms with Crippen LogP contribution in [-0.4, -0.2) is 15.9 Å². The zero-order valence-corrected chi connectivity index (χ0v) is 17.2. The first kappa shape index (κ1) is 19.1. The third-order valence-corrected chi connectivity index (χ3v) is 5.58. The minimum Gasteiger partial charge on any atom is -0.460 e. The number of furan rings is 1. The number of carbonyl (C=O) groups excluding carboxylic acids is 1. The highest BCUT2D eigenvalue weighted by molar-refractivity contribution is 7.14. The summed E-state index contributed by atoms with van der Waals surface area (Å²) in [5.74, 6) is 0.778. The Morgan fingerprint density at radius 3 is 2.58 bits per heavy atom. The number of halogens is 1. The predicted molar refractivity (Wildman–Crippen MR) is 120 cm³/mol. The number of carbonyl (C=O) groups is 1. The number of hydrogen-bond donors (Lipinski definition) is 1. The molecule has 152 valence electrons. The maximum atomic E-state index is 13.2. The van der Waals surface area contributed by atoms with E-state index in [2.05, 4.69) is 15.3 Å². The number of nitrogens with zero attached hydrogens (tertiary/aromatic N) is 2. The van der Waals surface area contributed by atoms with Gasteiger partial charge >= 0.3 is 0 Å². The average Bonchev–Trinajstić information content (AvgIpc) is 3.42. The first-order valence-electron chi connectivity index (χ1n) is 9.56. The van der Waals surface area contributed by atoms with Crippen molar-refractivity contribution in [2.75, 3.05) is 5.32 Å². The van der Waals surface area contributed by atoms with E-state index in [9.17, 15) is 9.18 Å². The Kier molecular flexibility index (Phi) is 4.80. The maximum Gasteiger partial charge on any atom is 0.258 e. The van der Waals surface area contributed by atoms with E-state index in [1.54, 1.807) is 18.2 Å². The molecule has 5 aromatic rings. The standard InChI is InChI=1S/C24H16FN3O2S/c1-14-6-11-22(30-14)20-12-18(17-4-2-3-5-19(17)26-20)23(29)28-24-27-21(13-31-24)15-7-9-16(25)10-8-15/h2-13H,1H3,(H,27,28,29). The quantitative estimate of drug-likeness (QED) is 0.363. The molecule has 0 radical (unpaired) electrons. The molecule has 0 atom stereocenters. The van der Waals surface area contributed by atoms with Crippen LogP contribution in [-0.2, 0) is 0 Å². The number of fused-ring (bicyclic) bond motifs is 1. The summed E-state index contributed by atoms with van der Waals surface area (Å²) >= 11 is 1.31. The van der Waals surface area contributed by atoms with Crippen molar-refractivity contribution < 1.29 is 13.6 Å². The van der Waals surface area contributed by atoms with E-state index in [4.69, 9.17) is 4.42 Å². The zero-order valence-electron chi connectivity index (χ0n) is 16.4. The van der Waals surface area contributed by atoms with E-state index < -0.39 is 0 Å². The molecule has 0 saturated heterocycles. The van der Waals surface area contributed by atoms with Crippen molar-refractivity contribution in [1.29, 1.82) is 0 Å². The van der Waals surface area contributed by atoms with Crippen molar-refractivity contribution in [2.24, 2.45) is 0 Å². The number of benzene rings is 2. The lowest BCUT2D eigenvalue weighted by molar-refractivity contribution is 0.102. The molecule has 3 heterocycles. The monoisotopic (exact) mass is 429 g/mol. The largest absolute Gasteiger partial charge is 0.460 e. The van der Waals surface area contributed by atoms with Crippen LogP contribution in [0.5, 0.6) is 0 Å². The highest BCUT2D eigenvalue weighted by Crippen LogP contribution is 2.29. The van der Waals surface area contributed by atoms with Crippen LogP contribution in [0.2, 0.25) is 0 Å². The van der Waals surface area contributed by atoms with Crippen LogP contribution in [0.4, 0.5) is 9.52 Å². The number of hydrogen-bond acceptors (Lipinski definition) is 5. The van der Waals surface area contributed by atoms with Crippen LogP contribution >= 0.6 is 11.3 Å². The number of nitrogens with one attached hydrogen (secondary N) is 1. The summed E-state index contributed by atoms with van der Waals surface area (Å²) in [5, 5.41) is 5.89. The molecule has 5 nitrogen and oxygen atoms in total. The predicted octanol–water partition coefficient (Wildman–Crippen LogP) is 6.32. The van der Waals surface area contributed by atoms with Crippen LogP contribution in [0.1, 0.15) is 16.1 Å². The van der Waals surface area contributed by atoms with Crippen molar-refractivity contribution in [3.63, 3.8) is 0 Å². The van der Waals surface area contributed by atoms with Gasteiger partial charge < -0.3 is 4.42 Å². The number of para-hydroxylation sites is 1. The lowest BCUT2D eigenvalue weighted by atomic mass is 10.1. The number of thiazole rings is 1. The normalized spacial score (nSPS) is 11.0. The number of aryl methyl sites for hydroxylation is 1. The minimum atomic E-state index is -0.306. The number of amides is 1. The Morgan fingerprint density at radius 1 is 1.00 bits per heavy atom. The molecule has 7 heteroatoms. The van der Waals surface area contributed by atoms with Crippen LogP contribution in [0.3, 0.4) is 0 Å². The Bertz CT molecular complexity index is 1410. The fraction of sp³-hybridized carbons (Fsp3) is 0.0417. The van der Waals surface area contributed by atoms with Crippen molar-refractivity contribution in [1.82, 2.24) is 9.97 Å². The number of anilines is 1. The first-order chi connectivity index (χ1) is 15.1. The van der Waals surface area contributed by atoms with E-state index in [-0.39, 0.29) is 11.7 Å². The Morgan fingerprint density at radius 2 is 1.81 bits per heavy atom. The SMILES string of the molecule is Cc1ccc(-c2cc(C(=O)Nc3nc(-c4ccc(F)cc4)cs3)c3ccccc3n2)o1. The number of rotatable bonds is 4. The van der Waals surface area contributed by atoms with E-state index in [1.165, 1.54) is 23.5 Å². The van der Waals surface area contributed by atoms with Gasteiger partial charge in [-0.05, 0) is 55.5 Å². The summed E-state index contributed by atoms with van der Waals surface area (Å²) < 4.78 is 18.9. The summed E-state index contributed by atoms with van der Waals surface area (Å²) in [7, 11) is 0. The van der Waals surface area contributed by atoms with Crippen molar-refractivity contribution in [3.8, 4) is 22.7 Å². The molecule has 3 aromatic heterocycles. The van der Waals surface area contributed by atoms with Gasteiger partial charge in [-0.2, -0.15) is 0 Å². The third-order valence-electron chi connectivity index (χ3n) is 4.82. The summed E-state index contributed by atoms with van der Waals surface area (Å²) in [6, 6.07) is 19.0. The van der Waals surface area contributed by atoms with Gasteiger partial charge in [0.2, 0.25) is 0 Å². The Balaban J connectivity index is 1.49. The molecular weight excluding hydrogens is 413 g/mol. The molecule has 2 aromatic carbocycles. The summed E-state index contributed by atoms with van der Waals surface area (Å²) in [4.78, 5) is 22.3. The molecule has 0 aliphatic rings. The second-order valence-corrected chi connectivity index (χ2v) is 7.84. The van der Waals surface area contributed by atoms with Gasteiger partial charge in [-0.25, -0.2) is 14.4 Å². The summed E-state index contributed by atoms with van der Waals surface area (Å²) in [6.07, 6.45) is 0. The molecule has 0 unspecified atom stereocenters. The molecule has 1 amide bonds. The topological polar surface area (TPSA) is 68.0 Å². The van der Waals surface area contributed by atoms with E-state index in [0.717, 1.165) is 16.7 Å². The minimum absolute atomic E-state index is 0.289. The third kappa shape index (κ3) is 3.83. The lowest BCUT2D eigenvalue weighted by Crippen LogP contribution is -2.13. The fourth-order valence-electron chi connectivity index (χ4n) is 3.31. The van der Waals surface area contributed by atoms with Crippen molar-refractivity contribution in [2.45, 2.75) is 6.92 Å². The van der Waals surface area contributed by atoms with E-state index >= 15 is 0 Å². The number of pyridine rings is 1. The van der Waals surface area contributed by atoms with E-state index in [0.29, 0.717) is 33.4 Å². The summed E-state index contributed by atoms with van der Waals surface area (Å²) in [6.45, 7) is 1.86. The molecule has 1 N–H and O–H groups in total. The first-order valence-corrected chi connectivity index (χ1v) is 10.4. The maximum absolute atomic E-state index is 13.2. The number of aromatic nitrogens is 2. The van der Waals surface area contributed by atoms with Gasteiger partial charge in [-0.3, -0.25) is 10.1 Å². The fourth-order valence-corrected chi connectivity index (χ4v) is 4.03. The van der Waals surface area contributed by atoms with E-state index in [1.807, 2.05) is 48.7 Å². The molecule has 0 spiro atoms. The van der Waals surface area contributed by atoms with Crippen LogP contribution < -0.4 is 5.32 Å². The highest BCUT2D eigenvalue weighted by Gasteiger charge is 2.17. The molecule has 5 rings (SSSR count).